The van der Waals surface area contributed by atoms with Crippen molar-refractivity contribution in [1.82, 2.24) is 0 Å². The van der Waals surface area contributed by atoms with Crippen LogP contribution in [0.5, 0.6) is 5.75 Å². The Kier molecular flexibility index (Phi) is 1.98. The Balaban J connectivity index is 2.23. The predicted octanol–water partition coefficient (Wildman–Crippen LogP) is 0.880. The summed E-state index contributed by atoms with van der Waals surface area (Å²) in [6, 6.07) is 7.83. The largest absolute Gasteiger partial charge is 0.463 e. The van der Waals surface area contributed by atoms with Crippen LogP contribution in [0.3, 0.4) is 0 Å². The van der Waals surface area contributed by atoms with Gasteiger partial charge in [-0.25, -0.2) is 0 Å². The van der Waals surface area contributed by atoms with E-state index in [1.54, 1.807) is 0 Å². The van der Waals surface area contributed by atoms with E-state index >= 15 is 0 Å². The molecule has 1 atom stereocenters. The third kappa shape index (κ3) is 1.29. The van der Waals surface area contributed by atoms with Crippen LogP contribution in [0.1, 0.15) is 5.56 Å². The van der Waals surface area contributed by atoms with Gasteiger partial charge in [0.25, 0.3) is 0 Å². The van der Waals surface area contributed by atoms with Crippen molar-refractivity contribution in [1.29, 1.82) is 0 Å². The molecule has 3 heteroatoms. The molecule has 0 bridgehead atoms. The molecule has 0 saturated heterocycles. The van der Waals surface area contributed by atoms with Crippen LogP contribution in [-0.2, 0) is 11.3 Å². The molecule has 12 heavy (non-hydrogen) atoms. The van der Waals surface area contributed by atoms with E-state index in [1.807, 2.05) is 24.3 Å². The monoisotopic (exact) mass is 165 g/mol. The summed E-state index contributed by atoms with van der Waals surface area (Å²) in [5, 5.41) is 0. The van der Waals surface area contributed by atoms with Crippen LogP contribution in [0, 0.1) is 0 Å². The zero-order chi connectivity index (χ0) is 8.39. The number of nitrogens with two attached hydrogens (primary N) is 1. The van der Waals surface area contributed by atoms with Crippen LogP contribution in [-0.4, -0.2) is 12.8 Å². The number of ether oxygens (including phenoxy) is 2. The van der Waals surface area contributed by atoms with Crippen LogP contribution in [0.15, 0.2) is 24.3 Å². The number of hydrogen-bond donors (Lipinski definition) is 1. The molecule has 0 aromatic heterocycles. The molecule has 1 aliphatic heterocycles. The second-order valence-corrected chi connectivity index (χ2v) is 2.70. The van der Waals surface area contributed by atoms with Crippen molar-refractivity contribution >= 4 is 0 Å². The van der Waals surface area contributed by atoms with Gasteiger partial charge in [-0.05, 0) is 6.07 Å². The van der Waals surface area contributed by atoms with E-state index in [4.69, 9.17) is 15.2 Å². The van der Waals surface area contributed by atoms with Crippen LogP contribution in [0.25, 0.3) is 0 Å². The summed E-state index contributed by atoms with van der Waals surface area (Å²) < 4.78 is 10.7. The molecule has 64 valence electrons. The van der Waals surface area contributed by atoms with Gasteiger partial charge in [0.05, 0.1) is 13.2 Å². The summed E-state index contributed by atoms with van der Waals surface area (Å²) in [6.45, 7) is 0.992. The van der Waals surface area contributed by atoms with E-state index < -0.39 is 0 Å². The molecule has 0 spiro atoms. The first kappa shape index (κ1) is 7.58. The van der Waals surface area contributed by atoms with Gasteiger partial charge in [0.2, 0.25) is 6.29 Å². The van der Waals surface area contributed by atoms with E-state index in [0.717, 1.165) is 11.3 Å². The first-order valence-corrected chi connectivity index (χ1v) is 3.96. The number of fused-ring (bicyclic) bond motifs is 1. The molecule has 0 fully saturated rings. The van der Waals surface area contributed by atoms with Crippen molar-refractivity contribution in [3.8, 4) is 5.75 Å². The molecular formula is C9H11NO2. The van der Waals surface area contributed by atoms with Gasteiger partial charge in [0, 0.05) is 5.56 Å². The van der Waals surface area contributed by atoms with Gasteiger partial charge in [-0.1, -0.05) is 18.2 Å². The summed E-state index contributed by atoms with van der Waals surface area (Å²) in [6.07, 6.45) is -0.278. The third-order valence-corrected chi connectivity index (χ3v) is 1.85. The third-order valence-electron chi connectivity index (χ3n) is 1.85. The molecular weight excluding hydrogens is 154 g/mol. The van der Waals surface area contributed by atoms with Crippen molar-refractivity contribution in [3.05, 3.63) is 29.8 Å². The first-order valence-electron chi connectivity index (χ1n) is 3.96. The molecule has 1 aromatic carbocycles. The van der Waals surface area contributed by atoms with Crippen molar-refractivity contribution in [2.75, 3.05) is 6.54 Å². The van der Waals surface area contributed by atoms with E-state index in [1.165, 1.54) is 0 Å². The fraction of sp³-hybridized carbons (Fsp3) is 0.333. The van der Waals surface area contributed by atoms with E-state index in [9.17, 15) is 0 Å². The zero-order valence-electron chi connectivity index (χ0n) is 6.69. The summed E-state index contributed by atoms with van der Waals surface area (Å²) in [7, 11) is 0. The molecule has 0 radical (unpaired) electrons. The molecule has 1 unspecified atom stereocenters. The van der Waals surface area contributed by atoms with Crippen LogP contribution in [0.4, 0.5) is 0 Å². The molecule has 1 aliphatic rings. The molecule has 3 nitrogen and oxygen atoms in total. The highest BCUT2D eigenvalue weighted by atomic mass is 16.7. The lowest BCUT2D eigenvalue weighted by Crippen LogP contribution is -2.32. The quantitative estimate of drug-likeness (QED) is 0.671. The SMILES string of the molecule is NCC1OCc2ccccc2O1. The normalized spacial score (nSPS) is 21.2. The standard InChI is InChI=1S/C9H11NO2/c10-5-9-11-6-7-3-1-2-4-8(7)12-9/h1-4,9H,5-6,10H2. The second-order valence-electron chi connectivity index (χ2n) is 2.70. The van der Waals surface area contributed by atoms with Crippen molar-refractivity contribution in [3.63, 3.8) is 0 Å². The minimum Gasteiger partial charge on any atom is -0.463 e. The smallest absolute Gasteiger partial charge is 0.212 e. The Morgan fingerprint density at radius 2 is 2.25 bits per heavy atom. The Morgan fingerprint density at radius 1 is 1.42 bits per heavy atom. The molecule has 2 N–H and O–H groups in total. The lowest BCUT2D eigenvalue weighted by atomic mass is 10.2. The Labute approximate surface area is 71.1 Å². The van der Waals surface area contributed by atoms with Crippen molar-refractivity contribution in [2.24, 2.45) is 5.73 Å². The Hall–Kier alpha value is -1.06. The minimum absolute atomic E-state index is 0.278. The lowest BCUT2D eigenvalue weighted by Gasteiger charge is -2.24. The van der Waals surface area contributed by atoms with Crippen molar-refractivity contribution < 1.29 is 9.47 Å². The summed E-state index contributed by atoms with van der Waals surface area (Å²) in [4.78, 5) is 0. The summed E-state index contributed by atoms with van der Waals surface area (Å²) in [5.41, 5.74) is 6.50. The van der Waals surface area contributed by atoms with E-state index in [-0.39, 0.29) is 6.29 Å². The fourth-order valence-corrected chi connectivity index (χ4v) is 1.21. The molecule has 2 rings (SSSR count). The molecule has 1 heterocycles. The van der Waals surface area contributed by atoms with Gasteiger partial charge in [-0.3, -0.25) is 0 Å². The molecule has 0 amide bonds. The maximum absolute atomic E-state index is 5.43. The second kappa shape index (κ2) is 3.13. The topological polar surface area (TPSA) is 44.5 Å². The predicted molar refractivity (Wildman–Crippen MR) is 44.7 cm³/mol. The molecule has 1 aromatic rings. The van der Waals surface area contributed by atoms with Crippen molar-refractivity contribution in [2.45, 2.75) is 12.9 Å². The minimum atomic E-state index is -0.278. The summed E-state index contributed by atoms with van der Waals surface area (Å²) in [5.74, 6) is 0.888. The number of rotatable bonds is 1. The van der Waals surface area contributed by atoms with Gasteiger partial charge >= 0.3 is 0 Å². The maximum Gasteiger partial charge on any atom is 0.212 e. The van der Waals surface area contributed by atoms with Gasteiger partial charge in [0.15, 0.2) is 0 Å². The number of para-hydroxylation sites is 1. The Bertz CT molecular complexity index is 275. The van der Waals surface area contributed by atoms with Crippen LogP contribution < -0.4 is 10.5 Å². The molecule has 0 aliphatic carbocycles. The van der Waals surface area contributed by atoms with Crippen LogP contribution in [0.2, 0.25) is 0 Å². The van der Waals surface area contributed by atoms with Gasteiger partial charge < -0.3 is 15.2 Å². The van der Waals surface area contributed by atoms with Gasteiger partial charge in [-0.2, -0.15) is 0 Å². The highest BCUT2D eigenvalue weighted by Gasteiger charge is 2.17. The first-order chi connectivity index (χ1) is 5.90. The number of benzene rings is 1. The highest BCUT2D eigenvalue weighted by Crippen LogP contribution is 2.24. The summed E-state index contributed by atoms with van der Waals surface area (Å²) >= 11 is 0. The van der Waals surface area contributed by atoms with E-state index in [0.29, 0.717) is 13.2 Å². The fourth-order valence-electron chi connectivity index (χ4n) is 1.21. The van der Waals surface area contributed by atoms with E-state index in [2.05, 4.69) is 0 Å². The average molecular weight is 165 g/mol. The average Bonchev–Trinajstić information content (AvgIpc) is 2.17. The Morgan fingerprint density at radius 3 is 3.08 bits per heavy atom. The van der Waals surface area contributed by atoms with Gasteiger partial charge in [0.1, 0.15) is 5.75 Å². The zero-order valence-corrected chi connectivity index (χ0v) is 6.69. The van der Waals surface area contributed by atoms with Gasteiger partial charge in [-0.15, -0.1) is 0 Å². The lowest BCUT2D eigenvalue weighted by molar-refractivity contribution is -0.100. The molecule has 0 saturated carbocycles. The maximum atomic E-state index is 5.43. The highest BCUT2D eigenvalue weighted by molar-refractivity contribution is 5.33. The number of hydrogen-bond acceptors (Lipinski definition) is 3. The van der Waals surface area contributed by atoms with Crippen LogP contribution >= 0.6 is 0 Å².